The highest BCUT2D eigenvalue weighted by Gasteiger charge is 1.91. The summed E-state index contributed by atoms with van der Waals surface area (Å²) in [4.78, 5) is 0. The molecule has 0 amide bonds. The molecule has 1 atom stereocenters. The van der Waals surface area contributed by atoms with Crippen molar-refractivity contribution in [3.05, 3.63) is 41.5 Å². The average molecular weight is 189 g/mol. The molecule has 0 heterocycles. The summed E-state index contributed by atoms with van der Waals surface area (Å²) < 4.78 is 0. The Balaban J connectivity index is 2.64. The van der Waals surface area contributed by atoms with Gasteiger partial charge in [0.1, 0.15) is 0 Å². The molecule has 1 rings (SSSR count). The van der Waals surface area contributed by atoms with E-state index in [4.69, 9.17) is 0 Å². The van der Waals surface area contributed by atoms with Gasteiger partial charge in [-0.15, -0.1) is 0 Å². The van der Waals surface area contributed by atoms with Crippen LogP contribution in [0, 0.1) is 0 Å². The smallest absolute Gasteiger partial charge is 0.0221 e. The average Bonchev–Trinajstić information content (AvgIpc) is 2.26. The van der Waals surface area contributed by atoms with E-state index in [9.17, 15) is 0 Å². The van der Waals surface area contributed by atoms with Gasteiger partial charge in [-0.3, -0.25) is 0 Å². The molecular formula is C13H19N. The van der Waals surface area contributed by atoms with Crippen molar-refractivity contribution < 1.29 is 0 Å². The minimum Gasteiger partial charge on any atom is -0.314 e. The van der Waals surface area contributed by atoms with Gasteiger partial charge in [0.25, 0.3) is 0 Å². The lowest BCUT2D eigenvalue weighted by atomic mass is 10.1. The first-order chi connectivity index (χ1) is 6.76. The summed E-state index contributed by atoms with van der Waals surface area (Å²) in [6, 6.07) is 9.13. The highest BCUT2D eigenvalue weighted by atomic mass is 14.8. The van der Waals surface area contributed by atoms with Crippen LogP contribution in [0.3, 0.4) is 0 Å². The molecule has 0 bridgehead atoms. The van der Waals surface area contributed by atoms with E-state index in [-0.39, 0.29) is 0 Å². The number of likely N-dealkylation sites (N-methyl/N-ethyl adjacent to an activating group) is 1. The second kappa shape index (κ2) is 5.61. The Morgan fingerprint density at radius 2 is 1.93 bits per heavy atom. The molecule has 1 N–H and O–H groups in total. The van der Waals surface area contributed by atoms with Crippen LogP contribution in [0.4, 0.5) is 0 Å². The third-order valence-electron chi connectivity index (χ3n) is 2.42. The summed E-state index contributed by atoms with van der Waals surface area (Å²) >= 11 is 0. The Kier molecular flexibility index (Phi) is 4.41. The van der Waals surface area contributed by atoms with E-state index in [0.717, 1.165) is 6.42 Å². The molecule has 1 nitrogen and oxygen atoms in total. The summed E-state index contributed by atoms with van der Waals surface area (Å²) in [5.74, 6) is 0. The molecule has 0 aromatic heterocycles. The molecule has 14 heavy (non-hydrogen) atoms. The fraction of sp³-hybridized carbons (Fsp3) is 0.385. The van der Waals surface area contributed by atoms with E-state index in [0.29, 0.717) is 6.04 Å². The quantitative estimate of drug-likeness (QED) is 0.768. The van der Waals surface area contributed by atoms with Crippen LogP contribution < -0.4 is 5.32 Å². The van der Waals surface area contributed by atoms with Gasteiger partial charge in [-0.05, 0) is 31.5 Å². The van der Waals surface area contributed by atoms with Crippen molar-refractivity contribution >= 4 is 6.08 Å². The van der Waals surface area contributed by atoms with Crippen molar-refractivity contribution in [2.45, 2.75) is 26.3 Å². The monoisotopic (exact) mass is 189 g/mol. The van der Waals surface area contributed by atoms with E-state index in [1.54, 1.807) is 0 Å². The van der Waals surface area contributed by atoms with Gasteiger partial charge in [0.2, 0.25) is 0 Å². The van der Waals surface area contributed by atoms with Crippen molar-refractivity contribution in [2.75, 3.05) is 7.05 Å². The third-order valence-corrected chi connectivity index (χ3v) is 2.42. The lowest BCUT2D eigenvalue weighted by Gasteiger charge is -2.02. The van der Waals surface area contributed by atoms with Crippen LogP contribution >= 0.6 is 0 Å². The molecule has 1 aromatic rings. The SMILES string of the molecule is CCc1ccc(C=CC(C)NC)cc1. The first-order valence-electron chi connectivity index (χ1n) is 5.20. The van der Waals surface area contributed by atoms with Gasteiger partial charge in [-0.2, -0.15) is 0 Å². The minimum atomic E-state index is 0.431. The van der Waals surface area contributed by atoms with Gasteiger partial charge in [0.15, 0.2) is 0 Å². The molecule has 0 radical (unpaired) electrons. The second-order valence-electron chi connectivity index (χ2n) is 3.53. The van der Waals surface area contributed by atoms with Crippen molar-refractivity contribution in [3.8, 4) is 0 Å². The summed E-state index contributed by atoms with van der Waals surface area (Å²) in [5, 5.41) is 3.17. The molecule has 1 aromatic carbocycles. The van der Waals surface area contributed by atoms with Crippen LogP contribution in [0.25, 0.3) is 6.08 Å². The predicted octanol–water partition coefficient (Wildman–Crippen LogP) is 2.87. The van der Waals surface area contributed by atoms with Crippen LogP contribution in [0.15, 0.2) is 30.3 Å². The number of hydrogen-bond donors (Lipinski definition) is 1. The van der Waals surface area contributed by atoms with Gasteiger partial charge < -0.3 is 5.32 Å². The Morgan fingerprint density at radius 3 is 2.43 bits per heavy atom. The summed E-state index contributed by atoms with van der Waals surface area (Å²) in [6.07, 6.45) is 5.43. The van der Waals surface area contributed by atoms with Gasteiger partial charge >= 0.3 is 0 Å². The van der Waals surface area contributed by atoms with Crippen molar-refractivity contribution in [1.29, 1.82) is 0 Å². The molecule has 0 aliphatic heterocycles. The van der Waals surface area contributed by atoms with Crippen LogP contribution in [0.2, 0.25) is 0 Å². The maximum atomic E-state index is 3.17. The van der Waals surface area contributed by atoms with Gasteiger partial charge in [0, 0.05) is 6.04 Å². The Bertz CT molecular complexity index is 285. The molecule has 1 unspecified atom stereocenters. The van der Waals surface area contributed by atoms with Crippen LogP contribution in [-0.4, -0.2) is 13.1 Å². The Morgan fingerprint density at radius 1 is 1.29 bits per heavy atom. The lowest BCUT2D eigenvalue weighted by Crippen LogP contribution is -2.17. The summed E-state index contributed by atoms with van der Waals surface area (Å²) in [7, 11) is 1.97. The number of rotatable bonds is 4. The van der Waals surface area contributed by atoms with Gasteiger partial charge in [0.05, 0.1) is 0 Å². The maximum absolute atomic E-state index is 3.17. The fourth-order valence-electron chi connectivity index (χ4n) is 1.22. The first kappa shape index (κ1) is 11.0. The fourth-order valence-corrected chi connectivity index (χ4v) is 1.22. The zero-order valence-electron chi connectivity index (χ0n) is 9.25. The normalized spacial score (nSPS) is 13.4. The number of aryl methyl sites for hydroxylation is 1. The van der Waals surface area contributed by atoms with Gasteiger partial charge in [-0.25, -0.2) is 0 Å². The molecule has 1 heteroatoms. The van der Waals surface area contributed by atoms with E-state index in [1.165, 1.54) is 11.1 Å². The third kappa shape index (κ3) is 3.35. The predicted molar refractivity (Wildman–Crippen MR) is 63.4 cm³/mol. The lowest BCUT2D eigenvalue weighted by molar-refractivity contribution is 0.731. The number of benzene rings is 1. The molecular weight excluding hydrogens is 170 g/mol. The minimum absolute atomic E-state index is 0.431. The highest BCUT2D eigenvalue weighted by molar-refractivity contribution is 5.50. The summed E-state index contributed by atoms with van der Waals surface area (Å²) in [6.45, 7) is 4.31. The molecule has 0 aliphatic rings. The van der Waals surface area contributed by atoms with Gasteiger partial charge in [-0.1, -0.05) is 43.3 Å². The zero-order valence-corrected chi connectivity index (χ0v) is 9.25. The molecule has 0 aliphatic carbocycles. The van der Waals surface area contributed by atoms with E-state index in [1.807, 2.05) is 7.05 Å². The highest BCUT2D eigenvalue weighted by Crippen LogP contribution is 2.06. The molecule has 0 saturated heterocycles. The van der Waals surface area contributed by atoms with E-state index < -0.39 is 0 Å². The van der Waals surface area contributed by atoms with Crippen LogP contribution in [-0.2, 0) is 6.42 Å². The van der Waals surface area contributed by atoms with E-state index in [2.05, 4.69) is 55.6 Å². The van der Waals surface area contributed by atoms with Crippen molar-refractivity contribution in [2.24, 2.45) is 0 Å². The van der Waals surface area contributed by atoms with Crippen LogP contribution in [0.5, 0.6) is 0 Å². The topological polar surface area (TPSA) is 12.0 Å². The molecule has 76 valence electrons. The molecule has 0 fully saturated rings. The Hall–Kier alpha value is -1.08. The zero-order chi connectivity index (χ0) is 10.4. The first-order valence-corrected chi connectivity index (χ1v) is 5.20. The van der Waals surface area contributed by atoms with Crippen molar-refractivity contribution in [1.82, 2.24) is 5.32 Å². The summed E-state index contributed by atoms with van der Waals surface area (Å²) in [5.41, 5.74) is 2.66. The Labute approximate surface area is 86.8 Å². The number of hydrogen-bond acceptors (Lipinski definition) is 1. The molecule has 0 spiro atoms. The van der Waals surface area contributed by atoms with Crippen molar-refractivity contribution in [3.63, 3.8) is 0 Å². The maximum Gasteiger partial charge on any atom is 0.0221 e. The molecule has 0 saturated carbocycles. The largest absolute Gasteiger partial charge is 0.314 e. The number of nitrogens with one attached hydrogen (secondary N) is 1. The van der Waals surface area contributed by atoms with Crippen LogP contribution in [0.1, 0.15) is 25.0 Å². The standard InChI is InChI=1S/C13H19N/c1-4-12-7-9-13(10-8-12)6-5-11(2)14-3/h5-11,14H,4H2,1-3H3. The second-order valence-corrected chi connectivity index (χ2v) is 3.53. The van der Waals surface area contributed by atoms with E-state index >= 15 is 0 Å².